The van der Waals surface area contributed by atoms with E-state index < -0.39 is 0 Å². The predicted molar refractivity (Wildman–Crippen MR) is 88.6 cm³/mol. The Hall–Kier alpha value is -2.75. The summed E-state index contributed by atoms with van der Waals surface area (Å²) in [6.45, 7) is 2.01. The van der Waals surface area contributed by atoms with E-state index in [0.717, 1.165) is 22.5 Å². The van der Waals surface area contributed by atoms with E-state index in [1.807, 2.05) is 67.7 Å². The molecule has 0 saturated heterocycles. The first-order valence-corrected chi connectivity index (χ1v) is 7.28. The molecule has 0 spiro atoms. The molecular weight excluding hydrogens is 274 g/mol. The van der Waals surface area contributed by atoms with Crippen LogP contribution in [0.5, 0.6) is 0 Å². The van der Waals surface area contributed by atoms with E-state index in [4.69, 9.17) is 0 Å². The number of benzene rings is 2. The van der Waals surface area contributed by atoms with Gasteiger partial charge in [0.2, 0.25) is 5.91 Å². The summed E-state index contributed by atoms with van der Waals surface area (Å²) in [5.41, 5.74) is 6.43. The van der Waals surface area contributed by atoms with Crippen LogP contribution in [0.25, 0.3) is 0 Å². The normalized spacial score (nSPS) is 18.1. The van der Waals surface area contributed by atoms with Gasteiger partial charge in [0.1, 0.15) is 0 Å². The number of hydrogen-bond donors (Lipinski definition) is 1. The van der Waals surface area contributed by atoms with Crippen LogP contribution >= 0.6 is 0 Å². The van der Waals surface area contributed by atoms with Crippen molar-refractivity contribution >= 4 is 23.5 Å². The second kappa shape index (κ2) is 6.35. The van der Waals surface area contributed by atoms with Crippen LogP contribution in [0.15, 0.2) is 64.7 Å². The van der Waals surface area contributed by atoms with E-state index in [-0.39, 0.29) is 11.8 Å². The van der Waals surface area contributed by atoms with Crippen molar-refractivity contribution in [2.24, 2.45) is 16.0 Å². The van der Waals surface area contributed by atoms with Crippen molar-refractivity contribution < 1.29 is 4.79 Å². The first-order chi connectivity index (χ1) is 10.7. The number of hydrazone groups is 1. The Morgan fingerprint density at radius 3 is 2.55 bits per heavy atom. The van der Waals surface area contributed by atoms with Crippen LogP contribution < -0.4 is 5.43 Å². The largest absolute Gasteiger partial charge is 0.273 e. The van der Waals surface area contributed by atoms with Crippen LogP contribution in [-0.4, -0.2) is 17.8 Å². The van der Waals surface area contributed by atoms with Gasteiger partial charge in [0.25, 0.3) is 0 Å². The summed E-state index contributed by atoms with van der Waals surface area (Å²) in [4.78, 5) is 15.7. The molecule has 1 aliphatic rings. The van der Waals surface area contributed by atoms with Gasteiger partial charge in [-0.05, 0) is 23.3 Å². The summed E-state index contributed by atoms with van der Waals surface area (Å²) >= 11 is 0. The molecule has 4 nitrogen and oxygen atoms in total. The summed E-state index contributed by atoms with van der Waals surface area (Å²) in [5, 5.41) is 4.16. The summed E-state index contributed by atoms with van der Waals surface area (Å²) in [6, 6.07) is 17.9. The van der Waals surface area contributed by atoms with Crippen LogP contribution in [0.2, 0.25) is 0 Å². The molecule has 0 fully saturated rings. The minimum atomic E-state index is -0.0275. The summed E-state index contributed by atoms with van der Waals surface area (Å²) in [6.07, 6.45) is 2.32. The zero-order valence-electron chi connectivity index (χ0n) is 12.4. The number of aliphatic imine (C=N–C) groups is 1. The molecule has 1 N–H and O–H groups in total. The van der Waals surface area contributed by atoms with Crippen molar-refractivity contribution in [3.8, 4) is 0 Å². The van der Waals surface area contributed by atoms with E-state index >= 15 is 0 Å². The number of nitrogens with zero attached hydrogens (tertiary/aromatic N) is 2. The van der Waals surface area contributed by atoms with Crippen LogP contribution in [0.4, 0.5) is 5.69 Å². The molecule has 1 heterocycles. The van der Waals surface area contributed by atoms with Crippen LogP contribution in [0.3, 0.4) is 0 Å². The van der Waals surface area contributed by atoms with Crippen molar-refractivity contribution in [3.05, 3.63) is 65.7 Å². The van der Waals surface area contributed by atoms with Gasteiger partial charge in [-0.1, -0.05) is 49.4 Å². The second-order valence-electron chi connectivity index (χ2n) is 5.35. The van der Waals surface area contributed by atoms with Gasteiger partial charge in [-0.15, -0.1) is 0 Å². The van der Waals surface area contributed by atoms with Crippen LogP contribution in [-0.2, 0) is 4.79 Å². The number of amides is 1. The molecule has 1 unspecified atom stereocenters. The fourth-order valence-corrected chi connectivity index (χ4v) is 2.41. The first kappa shape index (κ1) is 14.2. The zero-order valence-corrected chi connectivity index (χ0v) is 12.4. The topological polar surface area (TPSA) is 53.8 Å². The fraction of sp³-hybridized carbons (Fsp3) is 0.167. The highest BCUT2D eigenvalue weighted by atomic mass is 16.2. The molecular formula is C18H17N3O. The van der Waals surface area contributed by atoms with Crippen molar-refractivity contribution in [1.29, 1.82) is 0 Å². The Morgan fingerprint density at radius 1 is 1.14 bits per heavy atom. The quantitative estimate of drug-likeness (QED) is 0.867. The van der Waals surface area contributed by atoms with Crippen LogP contribution in [0.1, 0.15) is 24.5 Å². The highest BCUT2D eigenvalue weighted by Gasteiger charge is 2.21. The third kappa shape index (κ3) is 3.28. The molecule has 1 atom stereocenters. The van der Waals surface area contributed by atoms with E-state index in [9.17, 15) is 4.79 Å². The molecule has 2 aromatic rings. The number of rotatable bonds is 3. The molecule has 0 radical (unpaired) electrons. The third-order valence-electron chi connectivity index (χ3n) is 3.58. The molecule has 4 heteroatoms. The Kier molecular flexibility index (Phi) is 4.10. The van der Waals surface area contributed by atoms with Crippen molar-refractivity contribution in [2.45, 2.75) is 13.3 Å². The highest BCUT2D eigenvalue weighted by Crippen LogP contribution is 2.19. The van der Waals surface area contributed by atoms with Gasteiger partial charge in [-0.2, -0.15) is 5.10 Å². The maximum atomic E-state index is 11.3. The van der Waals surface area contributed by atoms with E-state index in [0.29, 0.717) is 6.42 Å². The standard InChI is InChI=1S/C18H17N3O/c1-13-11-17(22)20-21-18(13)15-7-9-16(10-8-15)19-12-14-5-3-2-4-6-14/h2-10,12-13H,11H2,1H3,(H,20,22). The lowest BCUT2D eigenvalue weighted by Gasteiger charge is -2.19. The smallest absolute Gasteiger partial charge is 0.240 e. The molecule has 0 aromatic heterocycles. The van der Waals surface area contributed by atoms with Gasteiger partial charge in [-0.25, -0.2) is 5.43 Å². The molecule has 1 amide bonds. The maximum absolute atomic E-state index is 11.3. The average Bonchev–Trinajstić information content (AvgIpc) is 2.55. The minimum Gasteiger partial charge on any atom is -0.273 e. The lowest BCUT2D eigenvalue weighted by molar-refractivity contribution is -0.121. The van der Waals surface area contributed by atoms with Crippen molar-refractivity contribution in [2.75, 3.05) is 0 Å². The van der Waals surface area contributed by atoms with Gasteiger partial charge in [0.15, 0.2) is 0 Å². The van der Waals surface area contributed by atoms with E-state index in [2.05, 4.69) is 15.5 Å². The summed E-state index contributed by atoms with van der Waals surface area (Å²) in [5.74, 6) is 0.104. The minimum absolute atomic E-state index is 0.0275. The second-order valence-corrected chi connectivity index (χ2v) is 5.35. The van der Waals surface area contributed by atoms with Gasteiger partial charge >= 0.3 is 0 Å². The highest BCUT2D eigenvalue weighted by molar-refractivity contribution is 6.05. The van der Waals surface area contributed by atoms with Gasteiger partial charge in [0.05, 0.1) is 11.4 Å². The van der Waals surface area contributed by atoms with Crippen molar-refractivity contribution in [3.63, 3.8) is 0 Å². The summed E-state index contributed by atoms with van der Waals surface area (Å²) in [7, 11) is 0. The third-order valence-corrected chi connectivity index (χ3v) is 3.58. The first-order valence-electron chi connectivity index (χ1n) is 7.28. The molecule has 1 aliphatic heterocycles. The SMILES string of the molecule is CC1CC(=O)NN=C1c1ccc(N=Cc2ccccc2)cc1. The maximum Gasteiger partial charge on any atom is 0.240 e. The van der Waals surface area contributed by atoms with E-state index in [1.54, 1.807) is 0 Å². The van der Waals surface area contributed by atoms with Gasteiger partial charge < -0.3 is 0 Å². The predicted octanol–water partition coefficient (Wildman–Crippen LogP) is 3.30. The lowest BCUT2D eigenvalue weighted by Crippen LogP contribution is -2.31. The molecule has 110 valence electrons. The van der Waals surface area contributed by atoms with Gasteiger partial charge in [0, 0.05) is 18.6 Å². The lowest BCUT2D eigenvalue weighted by atomic mass is 9.94. The van der Waals surface area contributed by atoms with Crippen molar-refractivity contribution in [1.82, 2.24) is 5.43 Å². The fourth-order valence-electron chi connectivity index (χ4n) is 2.41. The molecule has 0 aliphatic carbocycles. The molecule has 0 bridgehead atoms. The average molecular weight is 291 g/mol. The number of carbonyl (C=O) groups excluding carboxylic acids is 1. The van der Waals surface area contributed by atoms with Gasteiger partial charge in [-0.3, -0.25) is 9.79 Å². The Balaban J connectivity index is 1.76. The molecule has 0 saturated carbocycles. The van der Waals surface area contributed by atoms with Crippen LogP contribution in [0, 0.1) is 5.92 Å². The molecule has 3 rings (SSSR count). The summed E-state index contributed by atoms with van der Waals surface area (Å²) < 4.78 is 0. The molecule has 22 heavy (non-hydrogen) atoms. The Labute approximate surface area is 129 Å². The Bertz CT molecular complexity index is 718. The van der Waals surface area contributed by atoms with E-state index in [1.165, 1.54) is 0 Å². The molecule has 2 aromatic carbocycles. The number of carbonyl (C=O) groups is 1. The monoisotopic (exact) mass is 291 g/mol. The number of nitrogens with one attached hydrogen (secondary N) is 1. The zero-order chi connectivity index (χ0) is 15.4. The number of hydrogen-bond acceptors (Lipinski definition) is 3. The Morgan fingerprint density at radius 2 is 1.86 bits per heavy atom.